The van der Waals surface area contributed by atoms with Crippen molar-refractivity contribution in [3.8, 4) is 5.75 Å². The van der Waals surface area contributed by atoms with Gasteiger partial charge in [0, 0.05) is 16.6 Å². The van der Waals surface area contributed by atoms with Crippen LogP contribution in [0.3, 0.4) is 0 Å². The van der Waals surface area contributed by atoms with E-state index in [1.54, 1.807) is 0 Å². The lowest BCUT2D eigenvalue weighted by atomic mass is 9.67. The molecule has 2 aliphatic rings. The molecule has 4 nitrogen and oxygen atoms in total. The first-order chi connectivity index (χ1) is 11.0. The second kappa shape index (κ2) is 8.54. The van der Waals surface area contributed by atoms with Crippen molar-refractivity contribution in [1.82, 2.24) is 5.32 Å². The van der Waals surface area contributed by atoms with Crippen LogP contribution in [0.15, 0.2) is 28.7 Å². The van der Waals surface area contributed by atoms with E-state index in [4.69, 9.17) is 10.5 Å². The number of carbonyl (C=O) groups is 1. The smallest absolute Gasteiger partial charge is 0.261 e. The van der Waals surface area contributed by atoms with E-state index in [1.807, 2.05) is 31.2 Å². The maximum absolute atomic E-state index is 12.5. The largest absolute Gasteiger partial charge is 0.481 e. The van der Waals surface area contributed by atoms with Crippen LogP contribution in [0.1, 0.15) is 39.0 Å². The van der Waals surface area contributed by atoms with Gasteiger partial charge in [-0.2, -0.15) is 0 Å². The van der Waals surface area contributed by atoms with Gasteiger partial charge in [-0.25, -0.2) is 0 Å². The molecule has 0 spiro atoms. The van der Waals surface area contributed by atoms with Crippen LogP contribution < -0.4 is 15.8 Å². The van der Waals surface area contributed by atoms with Gasteiger partial charge in [-0.15, -0.1) is 12.4 Å². The second-order valence-corrected chi connectivity index (χ2v) is 7.85. The van der Waals surface area contributed by atoms with Crippen LogP contribution in [0.4, 0.5) is 0 Å². The number of fused-ring (bicyclic) bond motifs is 2. The Morgan fingerprint density at radius 3 is 2.42 bits per heavy atom. The van der Waals surface area contributed by atoms with E-state index in [0.29, 0.717) is 23.6 Å². The third-order valence-corrected chi connectivity index (χ3v) is 5.71. The Balaban J connectivity index is 0.00000208. The first kappa shape index (κ1) is 19.5. The van der Waals surface area contributed by atoms with Crippen molar-refractivity contribution in [2.45, 2.75) is 57.2 Å². The molecule has 0 heterocycles. The molecule has 0 saturated heterocycles. The second-order valence-electron chi connectivity index (χ2n) is 6.93. The molecule has 3 rings (SSSR count). The Hall–Kier alpha value is -0.780. The molecule has 0 radical (unpaired) electrons. The highest BCUT2D eigenvalue weighted by Gasteiger charge is 2.40. The molecule has 3 N–H and O–H groups in total. The first-order valence-corrected chi connectivity index (χ1v) is 9.30. The molecule has 24 heavy (non-hydrogen) atoms. The molecule has 0 aromatic heterocycles. The Kier molecular flexibility index (Phi) is 6.96. The van der Waals surface area contributed by atoms with Gasteiger partial charge in [0.15, 0.2) is 6.10 Å². The van der Waals surface area contributed by atoms with Crippen molar-refractivity contribution in [2.75, 3.05) is 0 Å². The molecule has 1 aromatic rings. The minimum Gasteiger partial charge on any atom is -0.481 e. The fourth-order valence-electron chi connectivity index (χ4n) is 4.08. The van der Waals surface area contributed by atoms with Crippen LogP contribution in [-0.2, 0) is 4.79 Å². The number of rotatable bonds is 4. The zero-order valence-corrected chi connectivity index (χ0v) is 16.3. The minimum atomic E-state index is -0.493. The van der Waals surface area contributed by atoms with E-state index in [9.17, 15) is 4.79 Å². The standard InChI is InChI=1S/C18H25BrN2O2.ClH/c1-11(23-16-7-5-14(19)6-8-16)18(22)21-17-12-3-2-4-13(17)10-15(20)9-12;/h5-8,11-13,15,17H,2-4,9-10,20H2,1H3,(H,21,22);1H. The molecular formula is C18H26BrClN2O2. The van der Waals surface area contributed by atoms with Crippen LogP contribution in [-0.4, -0.2) is 24.1 Å². The molecular weight excluding hydrogens is 392 g/mol. The van der Waals surface area contributed by atoms with E-state index < -0.39 is 6.10 Å². The summed E-state index contributed by atoms with van der Waals surface area (Å²) in [5.74, 6) is 1.75. The lowest BCUT2D eigenvalue weighted by Gasteiger charge is -2.45. The monoisotopic (exact) mass is 416 g/mol. The highest BCUT2D eigenvalue weighted by atomic mass is 79.9. The molecule has 1 aromatic carbocycles. The highest BCUT2D eigenvalue weighted by Crippen LogP contribution is 2.39. The van der Waals surface area contributed by atoms with E-state index >= 15 is 0 Å². The molecule has 2 fully saturated rings. The predicted octanol–water partition coefficient (Wildman–Crippen LogP) is 3.66. The number of ether oxygens (including phenoxy) is 1. The van der Waals surface area contributed by atoms with E-state index in [1.165, 1.54) is 19.3 Å². The SMILES string of the molecule is CC(Oc1ccc(Br)cc1)C(=O)NC1C2CCCC1CC(N)C2.Cl. The quantitative estimate of drug-likeness (QED) is 0.786. The number of benzene rings is 1. The van der Waals surface area contributed by atoms with Crippen molar-refractivity contribution < 1.29 is 9.53 Å². The van der Waals surface area contributed by atoms with Gasteiger partial charge in [-0.1, -0.05) is 22.4 Å². The normalized spacial score (nSPS) is 30.0. The number of amides is 1. The van der Waals surface area contributed by atoms with Crippen LogP contribution in [0.5, 0.6) is 5.75 Å². The lowest BCUT2D eigenvalue weighted by Crippen LogP contribution is -2.55. The number of hydrogen-bond donors (Lipinski definition) is 2. The van der Waals surface area contributed by atoms with Crippen molar-refractivity contribution in [2.24, 2.45) is 17.6 Å². The van der Waals surface area contributed by atoms with Crippen molar-refractivity contribution in [1.29, 1.82) is 0 Å². The molecule has 2 saturated carbocycles. The summed E-state index contributed by atoms with van der Waals surface area (Å²) < 4.78 is 6.75. The average molecular weight is 418 g/mol. The predicted molar refractivity (Wildman–Crippen MR) is 101 cm³/mol. The third kappa shape index (κ3) is 4.64. The third-order valence-electron chi connectivity index (χ3n) is 5.18. The van der Waals surface area contributed by atoms with Gasteiger partial charge in [0.1, 0.15) is 5.75 Å². The molecule has 1 amide bonds. The number of halogens is 2. The summed E-state index contributed by atoms with van der Waals surface area (Å²) in [5, 5.41) is 3.24. The van der Waals surface area contributed by atoms with Gasteiger partial charge in [0.25, 0.3) is 5.91 Å². The van der Waals surface area contributed by atoms with Crippen molar-refractivity contribution >= 4 is 34.2 Å². The highest BCUT2D eigenvalue weighted by molar-refractivity contribution is 9.10. The first-order valence-electron chi connectivity index (χ1n) is 8.51. The summed E-state index contributed by atoms with van der Waals surface area (Å²) in [6.45, 7) is 1.81. The van der Waals surface area contributed by atoms with Crippen LogP contribution in [0, 0.1) is 11.8 Å². The molecule has 2 aliphatic carbocycles. The van der Waals surface area contributed by atoms with E-state index in [0.717, 1.165) is 17.3 Å². The zero-order valence-electron chi connectivity index (χ0n) is 13.9. The van der Waals surface area contributed by atoms with Crippen LogP contribution >= 0.6 is 28.3 Å². The van der Waals surface area contributed by atoms with Crippen LogP contribution in [0.25, 0.3) is 0 Å². The Labute approximate surface area is 158 Å². The maximum Gasteiger partial charge on any atom is 0.261 e. The number of hydrogen-bond acceptors (Lipinski definition) is 3. The fraction of sp³-hybridized carbons (Fsp3) is 0.611. The average Bonchev–Trinajstić information content (AvgIpc) is 2.50. The van der Waals surface area contributed by atoms with Gasteiger partial charge < -0.3 is 15.8 Å². The number of carbonyl (C=O) groups excluding carboxylic acids is 1. The summed E-state index contributed by atoms with van der Waals surface area (Å²) in [5.41, 5.74) is 6.15. The molecule has 0 aliphatic heterocycles. The van der Waals surface area contributed by atoms with Gasteiger partial charge in [-0.3, -0.25) is 4.79 Å². The topological polar surface area (TPSA) is 64.3 Å². The summed E-state index contributed by atoms with van der Waals surface area (Å²) >= 11 is 3.39. The minimum absolute atomic E-state index is 0. The zero-order chi connectivity index (χ0) is 16.4. The Morgan fingerprint density at radius 1 is 1.25 bits per heavy atom. The van der Waals surface area contributed by atoms with E-state index in [-0.39, 0.29) is 24.4 Å². The maximum atomic E-state index is 12.5. The molecule has 6 heteroatoms. The summed E-state index contributed by atoms with van der Waals surface area (Å²) in [4.78, 5) is 12.5. The Bertz CT molecular complexity index is 540. The molecule has 3 unspecified atom stereocenters. The Morgan fingerprint density at radius 2 is 1.83 bits per heavy atom. The molecule has 3 atom stereocenters. The molecule has 134 valence electrons. The summed E-state index contributed by atoms with van der Waals surface area (Å²) in [7, 11) is 0. The lowest BCUT2D eigenvalue weighted by molar-refractivity contribution is -0.129. The van der Waals surface area contributed by atoms with Crippen molar-refractivity contribution in [3.63, 3.8) is 0 Å². The van der Waals surface area contributed by atoms with E-state index in [2.05, 4.69) is 21.2 Å². The number of nitrogens with two attached hydrogens (primary N) is 1. The number of nitrogens with one attached hydrogen (secondary N) is 1. The summed E-state index contributed by atoms with van der Waals surface area (Å²) in [6.07, 6.45) is 5.19. The van der Waals surface area contributed by atoms with Gasteiger partial charge in [-0.05, 0) is 68.7 Å². The van der Waals surface area contributed by atoms with Gasteiger partial charge >= 0.3 is 0 Å². The van der Waals surface area contributed by atoms with Gasteiger partial charge in [0.2, 0.25) is 0 Å². The fourth-order valence-corrected chi connectivity index (χ4v) is 4.34. The molecule has 2 bridgehead atoms. The summed E-state index contributed by atoms with van der Waals surface area (Å²) in [6, 6.07) is 8.12. The van der Waals surface area contributed by atoms with Gasteiger partial charge in [0.05, 0.1) is 0 Å². The van der Waals surface area contributed by atoms with Crippen molar-refractivity contribution in [3.05, 3.63) is 28.7 Å². The van der Waals surface area contributed by atoms with Crippen LogP contribution in [0.2, 0.25) is 0 Å².